The fraction of sp³-hybridized carbons (Fsp3) is 0.947. The molecule has 0 amide bonds. The summed E-state index contributed by atoms with van der Waals surface area (Å²) in [6, 6.07) is 1.13. The van der Waals surface area contributed by atoms with Crippen LogP contribution in [0.15, 0.2) is 4.99 Å². The molecule has 2 bridgehead atoms. The van der Waals surface area contributed by atoms with Gasteiger partial charge < -0.3 is 20.3 Å². The second-order valence-corrected chi connectivity index (χ2v) is 7.82. The number of fused-ring (bicyclic) bond motifs is 3. The first-order valence-corrected chi connectivity index (χ1v) is 10.5. The van der Waals surface area contributed by atoms with Crippen LogP contribution in [0.25, 0.3) is 0 Å². The van der Waals surface area contributed by atoms with Crippen LogP contribution in [0.2, 0.25) is 0 Å². The molecule has 8 heteroatoms. The van der Waals surface area contributed by atoms with Crippen molar-refractivity contribution >= 4 is 29.9 Å². The molecule has 1 atom stereocenters. The van der Waals surface area contributed by atoms with E-state index < -0.39 is 0 Å². The van der Waals surface area contributed by atoms with Crippen molar-refractivity contribution in [3.8, 4) is 0 Å². The number of hydrogen-bond donors (Lipinski definition) is 2. The molecule has 0 aromatic rings. The van der Waals surface area contributed by atoms with E-state index in [0.29, 0.717) is 12.1 Å². The van der Waals surface area contributed by atoms with Gasteiger partial charge in [0.25, 0.3) is 0 Å². The second kappa shape index (κ2) is 12.4. The predicted octanol–water partition coefficient (Wildman–Crippen LogP) is 0.660. The van der Waals surface area contributed by atoms with E-state index in [1.165, 1.54) is 58.7 Å². The number of nitrogens with zero attached hydrogens (tertiary/aromatic N) is 4. The third-order valence-electron chi connectivity index (χ3n) is 5.95. The molecule has 0 aromatic carbocycles. The number of piperidine rings is 1. The molecule has 4 heterocycles. The summed E-state index contributed by atoms with van der Waals surface area (Å²) in [4.78, 5) is 12.7. The van der Waals surface area contributed by atoms with Crippen LogP contribution in [0.3, 0.4) is 0 Å². The van der Waals surface area contributed by atoms with Gasteiger partial charge in [-0.1, -0.05) is 0 Å². The summed E-state index contributed by atoms with van der Waals surface area (Å²) in [5.41, 5.74) is 0. The molecule has 27 heavy (non-hydrogen) atoms. The zero-order valence-corrected chi connectivity index (χ0v) is 19.5. The number of nitrogens with one attached hydrogen (secondary N) is 2. The molecule has 2 N–H and O–H groups in total. The Morgan fingerprint density at radius 2 is 1.85 bits per heavy atom. The molecule has 7 nitrogen and oxygen atoms in total. The van der Waals surface area contributed by atoms with Crippen LogP contribution in [-0.2, 0) is 4.74 Å². The van der Waals surface area contributed by atoms with Gasteiger partial charge in [0.1, 0.15) is 0 Å². The first-order chi connectivity index (χ1) is 12.8. The molecule has 4 aliphatic heterocycles. The Bertz CT molecular complexity index is 436. The molecule has 0 aliphatic carbocycles. The predicted molar refractivity (Wildman–Crippen MR) is 122 cm³/mol. The van der Waals surface area contributed by atoms with Crippen LogP contribution < -0.4 is 10.6 Å². The number of rotatable bonds is 8. The Morgan fingerprint density at radius 1 is 1.11 bits per heavy atom. The van der Waals surface area contributed by atoms with Crippen molar-refractivity contribution in [2.24, 2.45) is 4.99 Å². The fourth-order valence-corrected chi connectivity index (χ4v) is 4.34. The van der Waals surface area contributed by atoms with E-state index in [4.69, 9.17) is 9.73 Å². The summed E-state index contributed by atoms with van der Waals surface area (Å²) in [5.74, 6) is 1.00. The van der Waals surface area contributed by atoms with E-state index in [-0.39, 0.29) is 24.0 Å². The van der Waals surface area contributed by atoms with Crippen molar-refractivity contribution in [2.75, 3.05) is 79.2 Å². The number of hydrogen-bond acceptors (Lipinski definition) is 5. The van der Waals surface area contributed by atoms with E-state index >= 15 is 0 Å². The topological polar surface area (TPSA) is 55.4 Å². The number of piperazine rings is 3. The third-order valence-corrected chi connectivity index (χ3v) is 5.95. The van der Waals surface area contributed by atoms with Crippen LogP contribution in [0.5, 0.6) is 0 Å². The Kier molecular flexibility index (Phi) is 10.6. The van der Waals surface area contributed by atoms with Crippen molar-refractivity contribution in [3.05, 3.63) is 0 Å². The molecule has 4 rings (SSSR count). The van der Waals surface area contributed by atoms with Crippen LogP contribution in [0, 0.1) is 0 Å². The molecule has 158 valence electrons. The smallest absolute Gasteiger partial charge is 0.191 e. The average Bonchev–Trinajstić information content (AvgIpc) is 2.69. The number of halogens is 1. The van der Waals surface area contributed by atoms with Crippen molar-refractivity contribution in [3.63, 3.8) is 0 Å². The lowest BCUT2D eigenvalue weighted by molar-refractivity contribution is 0.0174. The highest BCUT2D eigenvalue weighted by Gasteiger charge is 2.31. The van der Waals surface area contributed by atoms with Gasteiger partial charge in [0.15, 0.2) is 5.96 Å². The first-order valence-electron chi connectivity index (χ1n) is 10.5. The van der Waals surface area contributed by atoms with Crippen LogP contribution in [0.4, 0.5) is 0 Å². The summed E-state index contributed by atoms with van der Waals surface area (Å²) in [6.45, 7) is 14.4. The van der Waals surface area contributed by atoms with Gasteiger partial charge in [-0.05, 0) is 26.2 Å². The lowest BCUT2D eigenvalue weighted by atomic mass is 10.1. The largest absolute Gasteiger partial charge is 0.385 e. The number of aliphatic imine (C=N–C) groups is 1. The van der Waals surface area contributed by atoms with E-state index in [9.17, 15) is 0 Å². The summed E-state index contributed by atoms with van der Waals surface area (Å²) in [5, 5.41) is 7.13. The van der Waals surface area contributed by atoms with Crippen molar-refractivity contribution in [1.82, 2.24) is 25.3 Å². The molecule has 0 spiro atoms. The minimum atomic E-state index is 0. The molecule has 0 aromatic heterocycles. The van der Waals surface area contributed by atoms with Crippen LogP contribution >= 0.6 is 24.0 Å². The number of ether oxygens (including phenoxy) is 1. The lowest BCUT2D eigenvalue weighted by Gasteiger charge is -2.47. The molecule has 4 fully saturated rings. The third kappa shape index (κ3) is 7.30. The minimum Gasteiger partial charge on any atom is -0.385 e. The van der Waals surface area contributed by atoms with E-state index in [2.05, 4.69) is 32.3 Å². The van der Waals surface area contributed by atoms with Gasteiger partial charge in [0.05, 0.1) is 6.54 Å². The lowest BCUT2D eigenvalue weighted by Crippen LogP contribution is -2.62. The monoisotopic (exact) mass is 494 g/mol. The zero-order valence-electron chi connectivity index (χ0n) is 17.2. The van der Waals surface area contributed by atoms with Gasteiger partial charge in [-0.3, -0.25) is 14.8 Å². The van der Waals surface area contributed by atoms with Crippen LogP contribution in [0.1, 0.15) is 26.2 Å². The maximum atomic E-state index is 5.16. The molecule has 0 radical (unpaired) electrons. The van der Waals surface area contributed by atoms with Crippen molar-refractivity contribution in [2.45, 2.75) is 38.3 Å². The molecule has 4 saturated heterocycles. The SMILES string of the molecule is CCNC(=NCC1CN2CCN1CC2)NC1CCN(CCCOC)CC1.I. The number of likely N-dealkylation sites (tertiary alicyclic amines) is 1. The van der Waals surface area contributed by atoms with Gasteiger partial charge in [0, 0.05) is 84.7 Å². The highest BCUT2D eigenvalue weighted by Crippen LogP contribution is 2.16. The fourth-order valence-electron chi connectivity index (χ4n) is 4.34. The van der Waals surface area contributed by atoms with Gasteiger partial charge >= 0.3 is 0 Å². The summed E-state index contributed by atoms with van der Waals surface area (Å²) < 4.78 is 5.16. The Morgan fingerprint density at radius 3 is 2.44 bits per heavy atom. The molecule has 0 saturated carbocycles. The highest BCUT2D eigenvalue weighted by molar-refractivity contribution is 14.0. The van der Waals surface area contributed by atoms with E-state index in [1.807, 2.05) is 0 Å². The summed E-state index contributed by atoms with van der Waals surface area (Å²) in [6.07, 6.45) is 3.52. The quantitative estimate of drug-likeness (QED) is 0.224. The molecule has 4 aliphatic rings. The maximum absolute atomic E-state index is 5.16. The van der Waals surface area contributed by atoms with Gasteiger partial charge in [-0.2, -0.15) is 0 Å². The van der Waals surface area contributed by atoms with Crippen LogP contribution in [-0.4, -0.2) is 112 Å². The zero-order chi connectivity index (χ0) is 18.2. The molecular formula is C19H39IN6O. The Balaban J connectivity index is 0.00000261. The highest BCUT2D eigenvalue weighted by atomic mass is 127. The Labute approximate surface area is 182 Å². The standard InChI is InChI=1S/C19H38N6O.HI/c1-3-20-19(21-15-18-16-24-10-12-25(18)13-11-24)22-17-5-8-23(9-6-17)7-4-14-26-2;/h17-18H,3-16H2,1-2H3,(H2,20,21,22);1H. The van der Waals surface area contributed by atoms with Gasteiger partial charge in [0.2, 0.25) is 0 Å². The molecular weight excluding hydrogens is 455 g/mol. The van der Waals surface area contributed by atoms with E-state index in [0.717, 1.165) is 38.6 Å². The van der Waals surface area contributed by atoms with E-state index in [1.54, 1.807) is 7.11 Å². The Hall–Kier alpha value is -0.160. The number of guanidine groups is 1. The normalized spacial score (nSPS) is 29.4. The van der Waals surface area contributed by atoms with Crippen molar-refractivity contribution < 1.29 is 4.74 Å². The summed E-state index contributed by atoms with van der Waals surface area (Å²) in [7, 11) is 1.78. The van der Waals surface area contributed by atoms with Gasteiger partial charge in [-0.25, -0.2) is 0 Å². The summed E-state index contributed by atoms with van der Waals surface area (Å²) >= 11 is 0. The molecule has 1 unspecified atom stereocenters. The number of methoxy groups -OCH3 is 1. The minimum absolute atomic E-state index is 0. The maximum Gasteiger partial charge on any atom is 0.191 e. The van der Waals surface area contributed by atoms with Crippen molar-refractivity contribution in [1.29, 1.82) is 0 Å². The van der Waals surface area contributed by atoms with Gasteiger partial charge in [-0.15, -0.1) is 24.0 Å². The average molecular weight is 494 g/mol. The second-order valence-electron chi connectivity index (χ2n) is 7.82. The first kappa shape index (κ1) is 23.1.